The highest BCUT2D eigenvalue weighted by Gasteiger charge is 2.29. The molecule has 1 saturated heterocycles. The summed E-state index contributed by atoms with van der Waals surface area (Å²) in [7, 11) is 0. The van der Waals surface area contributed by atoms with Crippen molar-refractivity contribution in [2.75, 3.05) is 19.6 Å². The molecule has 2 aromatic carbocycles. The zero-order chi connectivity index (χ0) is 18.5. The largest absolute Gasteiger partial charge is 0.505 e. The minimum Gasteiger partial charge on any atom is -0.505 e. The molecule has 0 aromatic heterocycles. The van der Waals surface area contributed by atoms with Gasteiger partial charge in [0, 0.05) is 19.6 Å². The molecule has 0 radical (unpaired) electrons. The van der Waals surface area contributed by atoms with Crippen LogP contribution in [0.1, 0.15) is 43.7 Å². The number of hydrogen-bond donors (Lipinski definition) is 1. The van der Waals surface area contributed by atoms with E-state index in [1.54, 1.807) is 0 Å². The first-order valence-electron chi connectivity index (χ1n) is 9.77. The SMILES string of the molecule is CC(CN1C[C@@H](CCCc2ccccc2)[C@@H](C)C1)c1ccc(O)c(F)c1. The molecule has 1 aliphatic heterocycles. The Balaban J connectivity index is 1.47. The van der Waals surface area contributed by atoms with Gasteiger partial charge in [-0.3, -0.25) is 0 Å². The number of likely N-dealkylation sites (tertiary alicyclic amines) is 1. The van der Waals surface area contributed by atoms with Gasteiger partial charge in [-0.15, -0.1) is 0 Å². The summed E-state index contributed by atoms with van der Waals surface area (Å²) in [5.41, 5.74) is 2.39. The van der Waals surface area contributed by atoms with Crippen LogP contribution >= 0.6 is 0 Å². The number of rotatable bonds is 7. The van der Waals surface area contributed by atoms with Crippen LogP contribution in [0.2, 0.25) is 0 Å². The van der Waals surface area contributed by atoms with Crippen molar-refractivity contribution >= 4 is 0 Å². The van der Waals surface area contributed by atoms with Gasteiger partial charge in [0.15, 0.2) is 11.6 Å². The van der Waals surface area contributed by atoms with Crippen LogP contribution in [0.15, 0.2) is 48.5 Å². The molecule has 26 heavy (non-hydrogen) atoms. The van der Waals surface area contributed by atoms with E-state index in [1.165, 1.54) is 30.5 Å². The average molecular weight is 355 g/mol. The number of aryl methyl sites for hydroxylation is 1. The van der Waals surface area contributed by atoms with Crippen LogP contribution in [-0.4, -0.2) is 29.6 Å². The molecule has 0 aliphatic carbocycles. The topological polar surface area (TPSA) is 23.5 Å². The predicted octanol–water partition coefficient (Wildman–Crippen LogP) is 5.23. The molecule has 1 fully saturated rings. The van der Waals surface area contributed by atoms with Crippen LogP contribution in [0.5, 0.6) is 5.75 Å². The van der Waals surface area contributed by atoms with E-state index in [0.717, 1.165) is 43.5 Å². The van der Waals surface area contributed by atoms with Gasteiger partial charge in [0.2, 0.25) is 0 Å². The normalized spacial score (nSPS) is 21.8. The van der Waals surface area contributed by atoms with Gasteiger partial charge in [-0.05, 0) is 60.3 Å². The molecule has 0 saturated carbocycles. The van der Waals surface area contributed by atoms with Gasteiger partial charge in [0.05, 0.1) is 0 Å². The lowest BCUT2D eigenvalue weighted by molar-refractivity contribution is 0.302. The molecule has 1 aliphatic rings. The third-order valence-electron chi connectivity index (χ3n) is 5.80. The fourth-order valence-corrected chi connectivity index (χ4v) is 4.20. The van der Waals surface area contributed by atoms with Gasteiger partial charge >= 0.3 is 0 Å². The van der Waals surface area contributed by atoms with Crippen LogP contribution in [0.4, 0.5) is 4.39 Å². The minimum atomic E-state index is -0.525. The van der Waals surface area contributed by atoms with Gasteiger partial charge in [-0.25, -0.2) is 4.39 Å². The van der Waals surface area contributed by atoms with Crippen molar-refractivity contribution in [3.8, 4) is 5.75 Å². The number of aromatic hydroxyl groups is 1. The monoisotopic (exact) mass is 355 g/mol. The molecule has 1 heterocycles. The summed E-state index contributed by atoms with van der Waals surface area (Å²) in [6, 6.07) is 15.5. The first-order valence-corrected chi connectivity index (χ1v) is 9.77. The molecule has 0 spiro atoms. The lowest BCUT2D eigenvalue weighted by Crippen LogP contribution is -2.25. The molecular weight excluding hydrogens is 325 g/mol. The highest BCUT2D eigenvalue weighted by Crippen LogP contribution is 2.30. The zero-order valence-electron chi connectivity index (χ0n) is 15.9. The summed E-state index contributed by atoms with van der Waals surface area (Å²) in [5, 5.41) is 9.36. The maximum Gasteiger partial charge on any atom is 0.165 e. The van der Waals surface area contributed by atoms with E-state index in [9.17, 15) is 9.50 Å². The Morgan fingerprint density at radius 3 is 2.65 bits per heavy atom. The van der Waals surface area contributed by atoms with Crippen LogP contribution in [0.3, 0.4) is 0 Å². The average Bonchev–Trinajstić information content (AvgIpc) is 2.97. The summed E-state index contributed by atoms with van der Waals surface area (Å²) in [6.45, 7) is 7.71. The lowest BCUT2D eigenvalue weighted by Gasteiger charge is -2.21. The first-order chi connectivity index (χ1) is 12.5. The van der Waals surface area contributed by atoms with E-state index >= 15 is 0 Å². The summed E-state index contributed by atoms with van der Waals surface area (Å²) in [5.74, 6) is 0.939. The molecule has 3 rings (SSSR count). The fourth-order valence-electron chi connectivity index (χ4n) is 4.20. The molecule has 0 bridgehead atoms. The van der Waals surface area contributed by atoms with Crippen LogP contribution in [0.25, 0.3) is 0 Å². The molecule has 3 atom stereocenters. The van der Waals surface area contributed by atoms with E-state index < -0.39 is 5.82 Å². The second kappa shape index (κ2) is 8.68. The molecule has 140 valence electrons. The number of phenols is 1. The van der Waals surface area contributed by atoms with Gasteiger partial charge in [-0.1, -0.05) is 50.2 Å². The van der Waals surface area contributed by atoms with Crippen molar-refractivity contribution in [3.63, 3.8) is 0 Å². The van der Waals surface area contributed by atoms with E-state index in [2.05, 4.69) is 49.1 Å². The van der Waals surface area contributed by atoms with E-state index in [-0.39, 0.29) is 11.7 Å². The third kappa shape index (κ3) is 4.85. The number of halogens is 1. The molecule has 2 nitrogen and oxygen atoms in total. The van der Waals surface area contributed by atoms with Gasteiger partial charge in [0.1, 0.15) is 0 Å². The minimum absolute atomic E-state index is 0.264. The Morgan fingerprint density at radius 2 is 1.92 bits per heavy atom. The van der Waals surface area contributed by atoms with E-state index in [4.69, 9.17) is 0 Å². The van der Waals surface area contributed by atoms with Gasteiger partial charge in [0.25, 0.3) is 0 Å². The molecule has 1 unspecified atom stereocenters. The number of benzene rings is 2. The van der Waals surface area contributed by atoms with Crippen LogP contribution < -0.4 is 0 Å². The highest BCUT2D eigenvalue weighted by atomic mass is 19.1. The second-order valence-corrected chi connectivity index (χ2v) is 7.95. The Labute approximate surface area is 156 Å². The quantitative estimate of drug-likeness (QED) is 0.735. The summed E-state index contributed by atoms with van der Waals surface area (Å²) >= 11 is 0. The third-order valence-corrected chi connectivity index (χ3v) is 5.80. The van der Waals surface area contributed by atoms with E-state index in [0.29, 0.717) is 0 Å². The van der Waals surface area contributed by atoms with Crippen molar-refractivity contribution in [2.24, 2.45) is 11.8 Å². The summed E-state index contributed by atoms with van der Waals surface area (Å²) in [4.78, 5) is 2.52. The zero-order valence-corrected chi connectivity index (χ0v) is 15.9. The standard InChI is InChI=1S/C23H30FNO/c1-17(20-11-12-23(26)22(24)13-20)14-25-15-18(2)21(16-25)10-6-9-19-7-4-3-5-8-19/h3-5,7-8,11-13,17-18,21,26H,6,9-10,14-16H2,1-2H3/t17?,18-,21+/m0/s1. The maximum atomic E-state index is 13.6. The first kappa shape index (κ1) is 18.9. The number of hydrogen-bond acceptors (Lipinski definition) is 2. The van der Waals surface area contributed by atoms with Crippen molar-refractivity contribution < 1.29 is 9.50 Å². The molecule has 1 N–H and O–H groups in total. The van der Waals surface area contributed by atoms with Crippen LogP contribution in [0, 0.1) is 17.7 Å². The summed E-state index contributed by atoms with van der Waals surface area (Å²) < 4.78 is 13.6. The maximum absolute atomic E-state index is 13.6. The Morgan fingerprint density at radius 1 is 1.15 bits per heavy atom. The second-order valence-electron chi connectivity index (χ2n) is 7.95. The van der Waals surface area contributed by atoms with Crippen molar-refractivity contribution in [1.82, 2.24) is 4.90 Å². The number of phenolic OH excluding ortho intramolecular Hbond substituents is 1. The Bertz CT molecular complexity index is 703. The fraction of sp³-hybridized carbons (Fsp3) is 0.478. The molecule has 3 heteroatoms. The van der Waals surface area contributed by atoms with E-state index in [1.807, 2.05) is 6.07 Å². The van der Waals surface area contributed by atoms with Crippen molar-refractivity contribution in [1.29, 1.82) is 0 Å². The Hall–Kier alpha value is -1.87. The van der Waals surface area contributed by atoms with Gasteiger partial charge < -0.3 is 10.0 Å². The van der Waals surface area contributed by atoms with Crippen molar-refractivity contribution in [2.45, 2.75) is 39.0 Å². The smallest absolute Gasteiger partial charge is 0.165 e. The number of nitrogens with zero attached hydrogens (tertiary/aromatic N) is 1. The Kier molecular flexibility index (Phi) is 6.31. The molecule has 2 aromatic rings. The lowest BCUT2D eigenvalue weighted by atomic mass is 9.92. The molecular formula is C23H30FNO. The predicted molar refractivity (Wildman–Crippen MR) is 105 cm³/mol. The summed E-state index contributed by atoms with van der Waals surface area (Å²) in [6.07, 6.45) is 3.67. The highest BCUT2D eigenvalue weighted by molar-refractivity contribution is 5.30. The van der Waals surface area contributed by atoms with Crippen molar-refractivity contribution in [3.05, 3.63) is 65.5 Å². The molecule has 0 amide bonds. The van der Waals surface area contributed by atoms with Gasteiger partial charge in [-0.2, -0.15) is 0 Å². The van der Waals surface area contributed by atoms with Crippen LogP contribution in [-0.2, 0) is 6.42 Å².